The highest BCUT2D eigenvalue weighted by Crippen LogP contribution is 2.36. The number of rotatable bonds is 6. The van der Waals surface area contributed by atoms with Crippen molar-refractivity contribution in [3.05, 3.63) is 72.3 Å². The third-order valence-corrected chi connectivity index (χ3v) is 8.55. The summed E-state index contributed by atoms with van der Waals surface area (Å²) in [5, 5.41) is 1.72. The van der Waals surface area contributed by atoms with Gasteiger partial charge in [-0.2, -0.15) is 4.31 Å². The number of anilines is 1. The summed E-state index contributed by atoms with van der Waals surface area (Å²) in [6.45, 7) is 7.37. The molecule has 0 N–H and O–H groups in total. The van der Waals surface area contributed by atoms with Gasteiger partial charge in [0.1, 0.15) is 6.04 Å². The molecule has 0 bridgehead atoms. The maximum atomic E-state index is 14.0. The van der Waals surface area contributed by atoms with Crippen LogP contribution in [-0.4, -0.2) is 36.1 Å². The molecule has 6 nitrogen and oxygen atoms in total. The lowest BCUT2D eigenvalue weighted by Crippen LogP contribution is -2.55. The molecule has 7 heteroatoms. The molecule has 33 heavy (non-hydrogen) atoms. The van der Waals surface area contributed by atoms with Crippen molar-refractivity contribution in [3.63, 3.8) is 0 Å². The maximum Gasteiger partial charge on any atom is 0.252 e. The molecule has 1 saturated heterocycles. The van der Waals surface area contributed by atoms with Gasteiger partial charge in [-0.05, 0) is 62.2 Å². The van der Waals surface area contributed by atoms with Gasteiger partial charge in [-0.1, -0.05) is 55.0 Å². The highest BCUT2D eigenvalue weighted by atomic mass is 32.2. The molecule has 1 fully saturated rings. The van der Waals surface area contributed by atoms with Gasteiger partial charge in [0.25, 0.3) is 5.91 Å². The smallest absolute Gasteiger partial charge is 0.252 e. The number of hydrogen-bond acceptors (Lipinski definition) is 4. The number of nitrogens with zero attached hydrogens (tertiary/aromatic N) is 2. The molecule has 0 aromatic heterocycles. The van der Waals surface area contributed by atoms with Gasteiger partial charge in [-0.3, -0.25) is 9.59 Å². The average molecular weight is 465 g/mol. The van der Waals surface area contributed by atoms with Gasteiger partial charge in [0.05, 0.1) is 17.0 Å². The standard InChI is InChI=1S/C26H28N2O4S/c1-5-26(3,4)28(33(31,32)22-15-12-19-8-6-7-9-20(19)16-22)23-17-24(29)27(25(23)30)21-13-10-18(2)11-14-21/h6-16,23H,5,17H2,1-4H3. The SMILES string of the molecule is CCC(C)(C)N(C1CC(=O)N(c2ccc(C)cc2)C1=O)S(=O)(=O)c1ccc2ccccc2c1. The Bertz CT molecular complexity index is 1330. The van der Waals surface area contributed by atoms with Gasteiger partial charge in [-0.25, -0.2) is 13.3 Å². The lowest BCUT2D eigenvalue weighted by molar-refractivity contribution is -0.122. The second kappa shape index (κ2) is 8.39. The van der Waals surface area contributed by atoms with E-state index in [1.54, 1.807) is 44.2 Å². The number of hydrogen-bond donors (Lipinski definition) is 0. The van der Waals surface area contributed by atoms with Crippen LogP contribution in [0.5, 0.6) is 0 Å². The summed E-state index contributed by atoms with van der Waals surface area (Å²) in [5.74, 6) is -0.922. The van der Waals surface area contributed by atoms with E-state index in [-0.39, 0.29) is 11.3 Å². The Balaban J connectivity index is 1.80. The first-order chi connectivity index (χ1) is 15.6. The Hall–Kier alpha value is -3.03. The maximum absolute atomic E-state index is 14.0. The zero-order chi connectivity index (χ0) is 24.0. The number of fused-ring (bicyclic) bond motifs is 1. The number of sulfonamides is 1. The van der Waals surface area contributed by atoms with Gasteiger partial charge in [0.2, 0.25) is 15.9 Å². The highest BCUT2D eigenvalue weighted by molar-refractivity contribution is 7.89. The molecular formula is C26H28N2O4S. The third kappa shape index (κ3) is 4.07. The first-order valence-corrected chi connectivity index (χ1v) is 12.5. The number of benzene rings is 3. The second-order valence-electron chi connectivity index (χ2n) is 9.10. The van der Waals surface area contributed by atoms with Gasteiger partial charge >= 0.3 is 0 Å². The fourth-order valence-corrected chi connectivity index (χ4v) is 6.30. The van der Waals surface area contributed by atoms with E-state index in [9.17, 15) is 18.0 Å². The largest absolute Gasteiger partial charge is 0.274 e. The van der Waals surface area contributed by atoms with Crippen molar-refractivity contribution in [2.45, 2.75) is 57.0 Å². The fourth-order valence-electron chi connectivity index (χ4n) is 4.28. The van der Waals surface area contributed by atoms with Crippen LogP contribution in [0.2, 0.25) is 0 Å². The Labute approximate surface area is 194 Å². The van der Waals surface area contributed by atoms with E-state index in [1.165, 1.54) is 4.31 Å². The molecule has 0 saturated carbocycles. The van der Waals surface area contributed by atoms with Crippen LogP contribution in [0.3, 0.4) is 0 Å². The minimum atomic E-state index is -4.08. The van der Waals surface area contributed by atoms with E-state index in [4.69, 9.17) is 0 Å². The molecular weight excluding hydrogens is 436 g/mol. The third-order valence-electron chi connectivity index (χ3n) is 6.44. The Morgan fingerprint density at radius 2 is 1.61 bits per heavy atom. The molecule has 1 unspecified atom stereocenters. The Kier molecular flexibility index (Phi) is 5.88. The number of imide groups is 1. The van der Waals surface area contributed by atoms with E-state index in [0.717, 1.165) is 21.2 Å². The fraction of sp³-hybridized carbons (Fsp3) is 0.308. The van der Waals surface area contributed by atoms with Crippen molar-refractivity contribution >= 4 is 38.3 Å². The first kappa shape index (κ1) is 23.1. The number of carbonyl (C=O) groups excluding carboxylic acids is 2. The van der Waals surface area contributed by atoms with Gasteiger partial charge < -0.3 is 0 Å². The summed E-state index contributed by atoms with van der Waals surface area (Å²) >= 11 is 0. The van der Waals surface area contributed by atoms with Crippen LogP contribution < -0.4 is 4.90 Å². The van der Waals surface area contributed by atoms with Gasteiger partial charge in [0, 0.05) is 5.54 Å². The molecule has 3 aromatic carbocycles. The quantitative estimate of drug-likeness (QED) is 0.497. The van der Waals surface area contributed by atoms with E-state index in [2.05, 4.69) is 0 Å². The van der Waals surface area contributed by atoms with Crippen molar-refractivity contribution in [3.8, 4) is 0 Å². The van der Waals surface area contributed by atoms with Gasteiger partial charge in [0.15, 0.2) is 0 Å². The van der Waals surface area contributed by atoms with Crippen LogP contribution in [0.15, 0.2) is 71.6 Å². The van der Waals surface area contributed by atoms with E-state index in [0.29, 0.717) is 12.1 Å². The Morgan fingerprint density at radius 3 is 2.24 bits per heavy atom. The van der Waals surface area contributed by atoms with Crippen LogP contribution in [0.25, 0.3) is 10.8 Å². The van der Waals surface area contributed by atoms with E-state index >= 15 is 0 Å². The number of amides is 2. The molecule has 172 valence electrons. The molecule has 1 atom stereocenters. The number of carbonyl (C=O) groups is 2. The molecule has 4 rings (SSSR count). The van der Waals surface area contributed by atoms with E-state index < -0.39 is 33.4 Å². The number of aryl methyl sites for hydroxylation is 1. The average Bonchev–Trinajstić information content (AvgIpc) is 3.07. The second-order valence-corrected chi connectivity index (χ2v) is 10.9. The normalized spacial score (nSPS) is 17.4. The summed E-state index contributed by atoms with van der Waals surface area (Å²) in [7, 11) is -4.08. The van der Waals surface area contributed by atoms with Crippen LogP contribution in [0, 0.1) is 6.92 Å². The molecule has 1 aliphatic rings. The lowest BCUT2D eigenvalue weighted by atomic mass is 10.00. The predicted molar refractivity (Wildman–Crippen MR) is 129 cm³/mol. The van der Waals surface area contributed by atoms with E-state index in [1.807, 2.05) is 50.2 Å². The molecule has 1 aliphatic heterocycles. The van der Waals surface area contributed by atoms with Crippen molar-refractivity contribution in [2.75, 3.05) is 4.90 Å². The zero-order valence-electron chi connectivity index (χ0n) is 19.3. The van der Waals surface area contributed by atoms with Crippen LogP contribution >= 0.6 is 0 Å². The minimum absolute atomic E-state index is 0.108. The first-order valence-electron chi connectivity index (χ1n) is 11.0. The molecule has 0 aliphatic carbocycles. The summed E-state index contributed by atoms with van der Waals surface area (Å²) in [6, 6.07) is 18.4. The minimum Gasteiger partial charge on any atom is -0.274 e. The molecule has 3 aromatic rings. The summed E-state index contributed by atoms with van der Waals surface area (Å²) in [5.41, 5.74) is 0.575. The van der Waals surface area contributed by atoms with Gasteiger partial charge in [-0.15, -0.1) is 0 Å². The lowest BCUT2D eigenvalue weighted by Gasteiger charge is -2.39. The van der Waals surface area contributed by atoms with Crippen molar-refractivity contribution < 1.29 is 18.0 Å². The van der Waals surface area contributed by atoms with Crippen molar-refractivity contribution in [1.82, 2.24) is 4.31 Å². The topological polar surface area (TPSA) is 74.8 Å². The van der Waals surface area contributed by atoms with Crippen LogP contribution in [-0.2, 0) is 19.6 Å². The summed E-state index contributed by atoms with van der Waals surface area (Å²) < 4.78 is 29.2. The molecule has 0 spiro atoms. The highest BCUT2D eigenvalue weighted by Gasteiger charge is 2.51. The molecule has 0 radical (unpaired) electrons. The Morgan fingerprint density at radius 1 is 0.970 bits per heavy atom. The summed E-state index contributed by atoms with van der Waals surface area (Å²) in [4.78, 5) is 27.6. The summed E-state index contributed by atoms with van der Waals surface area (Å²) in [6.07, 6.45) is 0.283. The van der Waals surface area contributed by atoms with Crippen molar-refractivity contribution in [1.29, 1.82) is 0 Å². The zero-order valence-corrected chi connectivity index (χ0v) is 20.1. The molecule has 1 heterocycles. The van der Waals surface area contributed by atoms with Crippen molar-refractivity contribution in [2.24, 2.45) is 0 Å². The molecule has 2 amide bonds. The monoisotopic (exact) mass is 464 g/mol. The predicted octanol–water partition coefficient (Wildman–Crippen LogP) is 4.66. The van der Waals surface area contributed by atoms with Crippen LogP contribution in [0.1, 0.15) is 39.2 Å². The van der Waals surface area contributed by atoms with Crippen LogP contribution in [0.4, 0.5) is 5.69 Å².